The molecular weight excluding hydrogens is 162 g/mol. The van der Waals surface area contributed by atoms with Gasteiger partial charge in [-0.15, -0.1) is 6.58 Å². The van der Waals surface area contributed by atoms with Gasteiger partial charge in [0.25, 0.3) is 0 Å². The van der Waals surface area contributed by atoms with Crippen LogP contribution in [-0.2, 0) is 4.79 Å². The highest BCUT2D eigenvalue weighted by molar-refractivity contribution is 5.77. The van der Waals surface area contributed by atoms with Crippen LogP contribution in [0.2, 0.25) is 0 Å². The van der Waals surface area contributed by atoms with E-state index < -0.39 is 0 Å². The Hall–Kier alpha value is -0.790. The summed E-state index contributed by atoms with van der Waals surface area (Å²) in [5, 5.41) is 2.91. The molecule has 0 aromatic carbocycles. The molecule has 0 aliphatic rings. The van der Waals surface area contributed by atoms with Crippen LogP contribution in [0.25, 0.3) is 0 Å². The van der Waals surface area contributed by atoms with Gasteiger partial charge in [-0.2, -0.15) is 0 Å². The van der Waals surface area contributed by atoms with Crippen molar-refractivity contribution in [3.63, 3.8) is 0 Å². The second kappa shape index (κ2) is 3.95. The predicted octanol–water partition coefficient (Wildman–Crippen LogP) is 2.75. The summed E-state index contributed by atoms with van der Waals surface area (Å²) in [6.07, 6.45) is 2.29. The van der Waals surface area contributed by atoms with E-state index >= 15 is 0 Å². The fourth-order valence-electron chi connectivity index (χ4n) is 0.936. The van der Waals surface area contributed by atoms with Gasteiger partial charge in [-0.1, -0.05) is 26.8 Å². The Labute approximate surface area is 82.9 Å². The van der Waals surface area contributed by atoms with E-state index in [9.17, 15) is 4.79 Å². The summed E-state index contributed by atoms with van der Waals surface area (Å²) in [4.78, 5) is 11.5. The van der Waals surface area contributed by atoms with Gasteiger partial charge in [-0.25, -0.2) is 0 Å². The highest BCUT2D eigenvalue weighted by Gasteiger charge is 2.20. The number of carbonyl (C=O) groups is 1. The Bertz CT molecular complexity index is 204. The molecule has 0 aliphatic heterocycles. The third-order valence-corrected chi connectivity index (χ3v) is 1.66. The third kappa shape index (κ3) is 6.38. The highest BCUT2D eigenvalue weighted by Crippen LogP contribution is 2.18. The van der Waals surface area contributed by atoms with Gasteiger partial charge in [0.15, 0.2) is 0 Å². The first kappa shape index (κ1) is 12.2. The van der Waals surface area contributed by atoms with Crippen molar-refractivity contribution in [2.75, 3.05) is 0 Å². The zero-order valence-corrected chi connectivity index (χ0v) is 9.40. The fraction of sp³-hybridized carbons (Fsp3) is 0.727. The van der Waals surface area contributed by atoms with E-state index in [2.05, 4.69) is 11.9 Å². The number of nitrogens with one attached hydrogen (secondary N) is 1. The Morgan fingerprint density at radius 1 is 1.38 bits per heavy atom. The molecule has 78 valence electrons. The Morgan fingerprint density at radius 2 is 1.85 bits per heavy atom. The molecule has 2 nitrogen and oxygen atoms in total. The SMILES string of the molecule is C=CC(C)(C)NC(=O)CC(C)(C)C.[HH]. The first-order chi connectivity index (χ1) is 5.66. The molecule has 0 radical (unpaired) electrons. The number of rotatable bonds is 3. The first-order valence-electron chi connectivity index (χ1n) is 4.61. The number of hydrogen-bond donors (Lipinski definition) is 1. The lowest BCUT2D eigenvalue weighted by molar-refractivity contribution is -0.123. The minimum absolute atomic E-state index is 0. The third-order valence-electron chi connectivity index (χ3n) is 1.66. The summed E-state index contributed by atoms with van der Waals surface area (Å²) in [6.45, 7) is 13.7. The van der Waals surface area contributed by atoms with Crippen molar-refractivity contribution in [3.8, 4) is 0 Å². The molecule has 0 bridgehead atoms. The molecule has 0 saturated carbocycles. The molecule has 13 heavy (non-hydrogen) atoms. The summed E-state index contributed by atoms with van der Waals surface area (Å²) in [5.74, 6) is 0.0809. The van der Waals surface area contributed by atoms with Crippen LogP contribution in [0, 0.1) is 5.41 Å². The second-order valence-electron chi connectivity index (χ2n) is 5.21. The van der Waals surface area contributed by atoms with Gasteiger partial charge < -0.3 is 5.32 Å². The van der Waals surface area contributed by atoms with Gasteiger partial charge in [0.2, 0.25) is 5.91 Å². The topological polar surface area (TPSA) is 29.1 Å². The average Bonchev–Trinajstić information content (AvgIpc) is 1.81. The molecule has 0 spiro atoms. The van der Waals surface area contributed by atoms with Crippen molar-refractivity contribution in [1.82, 2.24) is 5.32 Å². The number of carbonyl (C=O) groups excluding carboxylic acids is 1. The minimum atomic E-state index is -0.303. The lowest BCUT2D eigenvalue weighted by Gasteiger charge is -2.25. The van der Waals surface area contributed by atoms with Gasteiger partial charge in [0.1, 0.15) is 0 Å². The summed E-state index contributed by atoms with van der Waals surface area (Å²) in [5.41, 5.74) is -0.260. The smallest absolute Gasteiger partial charge is 0.221 e. The van der Waals surface area contributed by atoms with Crippen LogP contribution in [0.5, 0.6) is 0 Å². The highest BCUT2D eigenvalue weighted by atomic mass is 16.1. The summed E-state index contributed by atoms with van der Waals surface area (Å²) < 4.78 is 0. The average molecular weight is 185 g/mol. The molecule has 0 aromatic rings. The van der Waals surface area contributed by atoms with E-state index in [-0.39, 0.29) is 18.3 Å². The Balaban J connectivity index is 0. The van der Waals surface area contributed by atoms with Crippen molar-refractivity contribution in [1.29, 1.82) is 0 Å². The van der Waals surface area contributed by atoms with E-state index in [4.69, 9.17) is 0 Å². The van der Waals surface area contributed by atoms with E-state index in [1.165, 1.54) is 0 Å². The molecule has 1 amide bonds. The van der Waals surface area contributed by atoms with Crippen LogP contribution in [-0.4, -0.2) is 11.4 Å². The van der Waals surface area contributed by atoms with Crippen LogP contribution < -0.4 is 5.32 Å². The molecule has 0 aromatic heterocycles. The van der Waals surface area contributed by atoms with Gasteiger partial charge >= 0.3 is 0 Å². The molecule has 0 heterocycles. The summed E-state index contributed by atoms with van der Waals surface area (Å²) in [6, 6.07) is 0. The molecular formula is C11H23NO. The van der Waals surface area contributed by atoms with E-state index in [0.29, 0.717) is 6.42 Å². The van der Waals surface area contributed by atoms with E-state index in [1.807, 2.05) is 34.6 Å². The van der Waals surface area contributed by atoms with Crippen molar-refractivity contribution >= 4 is 5.91 Å². The Morgan fingerprint density at radius 3 is 2.15 bits per heavy atom. The monoisotopic (exact) mass is 185 g/mol. The quantitative estimate of drug-likeness (QED) is 0.673. The van der Waals surface area contributed by atoms with Crippen LogP contribution in [0.4, 0.5) is 0 Å². The van der Waals surface area contributed by atoms with Crippen LogP contribution in [0.3, 0.4) is 0 Å². The van der Waals surface area contributed by atoms with Gasteiger partial charge in [-0.3, -0.25) is 4.79 Å². The molecule has 0 fully saturated rings. The molecule has 2 heteroatoms. The number of hydrogen-bond acceptors (Lipinski definition) is 1. The maximum absolute atomic E-state index is 11.5. The van der Waals surface area contributed by atoms with Crippen molar-refractivity contribution < 1.29 is 6.22 Å². The normalized spacial score (nSPS) is 12.4. The van der Waals surface area contributed by atoms with Crippen LogP contribution in [0.15, 0.2) is 12.7 Å². The second-order valence-corrected chi connectivity index (χ2v) is 5.21. The molecule has 0 aliphatic carbocycles. The van der Waals surface area contributed by atoms with Crippen molar-refractivity contribution in [3.05, 3.63) is 12.7 Å². The molecule has 0 rings (SSSR count). The maximum Gasteiger partial charge on any atom is 0.221 e. The zero-order chi connectivity index (χ0) is 10.7. The van der Waals surface area contributed by atoms with Crippen molar-refractivity contribution in [2.24, 2.45) is 5.41 Å². The zero-order valence-electron chi connectivity index (χ0n) is 9.40. The lowest BCUT2D eigenvalue weighted by atomic mass is 9.91. The summed E-state index contributed by atoms with van der Waals surface area (Å²) in [7, 11) is 0. The molecule has 0 saturated heterocycles. The molecule has 0 unspecified atom stereocenters. The van der Waals surface area contributed by atoms with Gasteiger partial charge in [0.05, 0.1) is 5.54 Å². The van der Waals surface area contributed by atoms with Crippen molar-refractivity contribution in [2.45, 2.75) is 46.6 Å². The van der Waals surface area contributed by atoms with Gasteiger partial charge in [-0.05, 0) is 19.3 Å². The minimum Gasteiger partial charge on any atom is -0.348 e. The largest absolute Gasteiger partial charge is 0.348 e. The fourth-order valence-corrected chi connectivity index (χ4v) is 0.936. The number of amides is 1. The lowest BCUT2D eigenvalue weighted by Crippen LogP contribution is -2.42. The standard InChI is InChI=1S/C11H21NO.H2/c1-7-11(5,6)12-9(13)8-10(2,3)4;/h7H,1,8H2,2-6H3,(H,12,13);1H. The van der Waals surface area contributed by atoms with Crippen LogP contribution in [0.1, 0.15) is 42.5 Å². The molecule has 0 atom stereocenters. The van der Waals surface area contributed by atoms with E-state index in [1.54, 1.807) is 6.08 Å². The van der Waals surface area contributed by atoms with E-state index in [0.717, 1.165) is 0 Å². The summed E-state index contributed by atoms with van der Waals surface area (Å²) >= 11 is 0. The van der Waals surface area contributed by atoms with Crippen LogP contribution >= 0.6 is 0 Å². The molecule has 1 N–H and O–H groups in total. The van der Waals surface area contributed by atoms with Gasteiger partial charge in [0, 0.05) is 7.85 Å². The Kier molecular flexibility index (Phi) is 3.71. The maximum atomic E-state index is 11.5. The predicted molar refractivity (Wildman–Crippen MR) is 58.6 cm³/mol. The first-order valence-corrected chi connectivity index (χ1v) is 4.61.